The minimum atomic E-state index is 0.369. The third-order valence-corrected chi connectivity index (χ3v) is 4.19. The van der Waals surface area contributed by atoms with Gasteiger partial charge in [-0.05, 0) is 42.8 Å². The van der Waals surface area contributed by atoms with Gasteiger partial charge in [0.2, 0.25) is 0 Å². The van der Waals surface area contributed by atoms with Gasteiger partial charge in [0, 0.05) is 6.07 Å². The molecule has 1 heterocycles. The number of rotatable bonds is 6. The number of allylic oxidation sites excluding steroid dienone is 1. The van der Waals surface area contributed by atoms with Crippen LogP contribution in [0.4, 0.5) is 0 Å². The van der Waals surface area contributed by atoms with Crippen LogP contribution in [-0.2, 0) is 0 Å². The fraction of sp³-hybridized carbons (Fsp3) is 0.200. The van der Waals surface area contributed by atoms with Gasteiger partial charge in [0.25, 0.3) is 0 Å². The van der Waals surface area contributed by atoms with Crippen LogP contribution in [0.5, 0.6) is 17.2 Å². The van der Waals surface area contributed by atoms with Gasteiger partial charge in [-0.3, -0.25) is 0 Å². The molecule has 0 aliphatic rings. The number of hydrogen-bond acceptors (Lipinski definition) is 5. The van der Waals surface area contributed by atoms with Crippen molar-refractivity contribution >= 4 is 34.3 Å². The lowest BCUT2D eigenvalue weighted by atomic mass is 10.1. The van der Waals surface area contributed by atoms with Crippen molar-refractivity contribution in [3.63, 3.8) is 0 Å². The number of benzene rings is 2. The molecule has 0 amide bonds. The molecule has 0 unspecified atom stereocenters. The van der Waals surface area contributed by atoms with Crippen LogP contribution in [0.15, 0.2) is 30.3 Å². The SMILES string of the molecule is CCOc1cc(/C=C(/C#N)c2nc3ccc(OC)cc3[nH]2)cc(Cl)c1OC. The molecule has 1 N–H and O–H groups in total. The zero-order chi connectivity index (χ0) is 19.4. The number of nitrogens with one attached hydrogen (secondary N) is 1. The van der Waals surface area contributed by atoms with Gasteiger partial charge in [-0.2, -0.15) is 5.26 Å². The van der Waals surface area contributed by atoms with Gasteiger partial charge in [0.05, 0.1) is 42.5 Å². The van der Waals surface area contributed by atoms with E-state index in [0.717, 1.165) is 11.0 Å². The van der Waals surface area contributed by atoms with E-state index in [2.05, 4.69) is 16.0 Å². The first-order valence-electron chi connectivity index (χ1n) is 8.25. The lowest BCUT2D eigenvalue weighted by Crippen LogP contribution is -1.96. The Kier molecular flexibility index (Phi) is 5.53. The van der Waals surface area contributed by atoms with Crippen molar-refractivity contribution in [2.24, 2.45) is 0 Å². The van der Waals surface area contributed by atoms with E-state index in [1.807, 2.05) is 25.1 Å². The van der Waals surface area contributed by atoms with Gasteiger partial charge in [0.15, 0.2) is 11.5 Å². The molecule has 7 heteroatoms. The molecule has 3 rings (SSSR count). The zero-order valence-corrected chi connectivity index (χ0v) is 15.9. The summed E-state index contributed by atoms with van der Waals surface area (Å²) in [5, 5.41) is 10.0. The number of H-pyrrole nitrogens is 1. The molecule has 27 heavy (non-hydrogen) atoms. The number of halogens is 1. The van der Waals surface area contributed by atoms with Crippen molar-refractivity contribution in [1.82, 2.24) is 9.97 Å². The first-order valence-corrected chi connectivity index (χ1v) is 8.63. The molecule has 0 aliphatic heterocycles. The van der Waals surface area contributed by atoms with Crippen LogP contribution in [0.2, 0.25) is 5.02 Å². The zero-order valence-electron chi connectivity index (χ0n) is 15.2. The van der Waals surface area contributed by atoms with Gasteiger partial charge >= 0.3 is 0 Å². The van der Waals surface area contributed by atoms with Crippen LogP contribution in [-0.4, -0.2) is 30.8 Å². The van der Waals surface area contributed by atoms with Crippen molar-refractivity contribution in [2.45, 2.75) is 6.92 Å². The molecular formula is C20H18ClN3O3. The molecule has 0 fully saturated rings. The summed E-state index contributed by atoms with van der Waals surface area (Å²) < 4.78 is 16.1. The van der Waals surface area contributed by atoms with Crippen molar-refractivity contribution in [2.75, 3.05) is 20.8 Å². The summed E-state index contributed by atoms with van der Waals surface area (Å²) in [4.78, 5) is 7.63. The van der Waals surface area contributed by atoms with E-state index in [0.29, 0.717) is 45.8 Å². The molecule has 2 aromatic carbocycles. The monoisotopic (exact) mass is 383 g/mol. The van der Waals surface area contributed by atoms with E-state index in [1.165, 1.54) is 7.11 Å². The Bertz CT molecular complexity index is 1050. The van der Waals surface area contributed by atoms with Gasteiger partial charge < -0.3 is 19.2 Å². The highest BCUT2D eigenvalue weighted by atomic mass is 35.5. The summed E-state index contributed by atoms with van der Waals surface area (Å²) in [5.41, 5.74) is 2.61. The maximum Gasteiger partial charge on any atom is 0.179 e. The Labute approximate surface area is 162 Å². The van der Waals surface area contributed by atoms with Crippen LogP contribution in [0, 0.1) is 11.3 Å². The van der Waals surface area contributed by atoms with Gasteiger partial charge in [0.1, 0.15) is 17.6 Å². The lowest BCUT2D eigenvalue weighted by molar-refractivity contribution is 0.311. The number of fused-ring (bicyclic) bond motifs is 1. The standard InChI is InChI=1S/C20H18ClN3O3/c1-4-27-18-9-12(8-15(21)19(18)26-3)7-13(11-22)20-23-16-6-5-14(25-2)10-17(16)24-20/h5-10H,4H2,1-3H3,(H,23,24)/b13-7-. The molecule has 138 valence electrons. The number of ether oxygens (including phenoxy) is 3. The van der Waals surface area contributed by atoms with Crippen molar-refractivity contribution < 1.29 is 14.2 Å². The third-order valence-electron chi connectivity index (χ3n) is 3.91. The number of methoxy groups -OCH3 is 2. The fourth-order valence-electron chi connectivity index (χ4n) is 2.70. The van der Waals surface area contributed by atoms with Crippen LogP contribution in [0.3, 0.4) is 0 Å². The molecule has 6 nitrogen and oxygen atoms in total. The first kappa shape index (κ1) is 18.6. The molecule has 0 radical (unpaired) electrons. The van der Waals surface area contributed by atoms with Crippen LogP contribution in [0.25, 0.3) is 22.7 Å². The minimum absolute atomic E-state index is 0.369. The molecule has 1 aromatic heterocycles. The van der Waals surface area contributed by atoms with E-state index < -0.39 is 0 Å². The van der Waals surface area contributed by atoms with Crippen molar-refractivity contribution in [3.05, 3.63) is 46.7 Å². The third kappa shape index (κ3) is 3.83. The Hall–Kier alpha value is -3.17. The number of nitrogens with zero attached hydrogens (tertiary/aromatic N) is 2. The van der Waals surface area contributed by atoms with Crippen molar-refractivity contribution in [3.8, 4) is 23.3 Å². The lowest BCUT2D eigenvalue weighted by Gasteiger charge is -2.11. The molecule has 0 bridgehead atoms. The Morgan fingerprint density at radius 2 is 2.07 bits per heavy atom. The van der Waals surface area contributed by atoms with E-state index in [4.69, 9.17) is 25.8 Å². The largest absolute Gasteiger partial charge is 0.497 e. The molecule has 3 aromatic rings. The second kappa shape index (κ2) is 8.02. The molecule has 0 aliphatic carbocycles. The predicted molar refractivity (Wildman–Crippen MR) is 105 cm³/mol. The Morgan fingerprint density at radius 3 is 2.74 bits per heavy atom. The Morgan fingerprint density at radius 1 is 1.26 bits per heavy atom. The molecule has 0 saturated heterocycles. The summed E-state index contributed by atoms with van der Waals surface area (Å²) in [6, 6.07) is 11.2. The number of aromatic amines is 1. The Balaban J connectivity index is 2.05. The van der Waals surface area contributed by atoms with Crippen LogP contribution >= 0.6 is 11.6 Å². The number of imidazole rings is 1. The number of hydrogen-bond donors (Lipinski definition) is 1. The van der Waals surface area contributed by atoms with Gasteiger partial charge in [-0.15, -0.1) is 0 Å². The molecule has 0 saturated carbocycles. The summed E-state index contributed by atoms with van der Waals surface area (Å²) in [6.45, 7) is 2.34. The predicted octanol–water partition coefficient (Wildman–Crippen LogP) is 4.70. The summed E-state index contributed by atoms with van der Waals surface area (Å²) in [7, 11) is 3.13. The summed E-state index contributed by atoms with van der Waals surface area (Å²) in [5.74, 6) is 2.16. The van der Waals surface area contributed by atoms with E-state index in [9.17, 15) is 5.26 Å². The smallest absolute Gasteiger partial charge is 0.179 e. The normalized spacial score (nSPS) is 11.3. The maximum atomic E-state index is 9.62. The van der Waals surface area contributed by atoms with Gasteiger partial charge in [-0.1, -0.05) is 11.6 Å². The minimum Gasteiger partial charge on any atom is -0.497 e. The second-order valence-electron chi connectivity index (χ2n) is 5.61. The average Bonchev–Trinajstić information content (AvgIpc) is 3.09. The summed E-state index contributed by atoms with van der Waals surface area (Å²) >= 11 is 6.29. The van der Waals surface area contributed by atoms with Crippen LogP contribution in [0.1, 0.15) is 18.3 Å². The average molecular weight is 384 g/mol. The quantitative estimate of drug-likeness (QED) is 0.624. The van der Waals surface area contributed by atoms with E-state index >= 15 is 0 Å². The second-order valence-corrected chi connectivity index (χ2v) is 6.01. The van der Waals surface area contributed by atoms with Crippen molar-refractivity contribution in [1.29, 1.82) is 5.26 Å². The molecule has 0 atom stereocenters. The fourth-order valence-corrected chi connectivity index (χ4v) is 2.99. The maximum absolute atomic E-state index is 9.62. The highest BCUT2D eigenvalue weighted by Gasteiger charge is 2.13. The number of nitriles is 1. The van der Waals surface area contributed by atoms with E-state index in [1.54, 1.807) is 25.3 Å². The van der Waals surface area contributed by atoms with Crippen LogP contribution < -0.4 is 14.2 Å². The van der Waals surface area contributed by atoms with Gasteiger partial charge in [-0.25, -0.2) is 4.98 Å². The molecular weight excluding hydrogens is 366 g/mol. The highest BCUT2D eigenvalue weighted by Crippen LogP contribution is 2.37. The van der Waals surface area contributed by atoms with E-state index in [-0.39, 0.29) is 0 Å². The highest BCUT2D eigenvalue weighted by molar-refractivity contribution is 6.32. The first-order chi connectivity index (χ1) is 13.1. The topological polar surface area (TPSA) is 80.2 Å². The molecule has 0 spiro atoms. The summed E-state index contributed by atoms with van der Waals surface area (Å²) in [6.07, 6.45) is 1.70. The number of aromatic nitrogens is 2.